The number of hydrogen-bond acceptors (Lipinski definition) is 4. The molecule has 1 aliphatic heterocycles. The number of benzene rings is 1. The average Bonchev–Trinajstić information content (AvgIpc) is 2.94. The van der Waals surface area contributed by atoms with Crippen LogP contribution >= 0.6 is 0 Å². The van der Waals surface area contributed by atoms with Crippen molar-refractivity contribution in [3.8, 4) is 0 Å². The Kier molecular flexibility index (Phi) is 4.27. The van der Waals surface area contributed by atoms with Gasteiger partial charge in [0.25, 0.3) is 5.91 Å². The van der Waals surface area contributed by atoms with Crippen molar-refractivity contribution >= 4 is 17.6 Å². The number of anilines is 1. The number of amides is 1. The number of esters is 1. The maximum Gasteiger partial charge on any atom is 0.339 e. The molecule has 0 bridgehead atoms. The van der Waals surface area contributed by atoms with E-state index in [2.05, 4.69) is 0 Å². The van der Waals surface area contributed by atoms with Crippen molar-refractivity contribution in [2.45, 2.75) is 32.8 Å². The summed E-state index contributed by atoms with van der Waals surface area (Å²) < 4.78 is 5.26. The Bertz CT molecular complexity index is 522. The third-order valence-electron chi connectivity index (χ3n) is 3.64. The van der Waals surface area contributed by atoms with Crippen LogP contribution in [0.15, 0.2) is 18.2 Å². The highest BCUT2D eigenvalue weighted by Gasteiger charge is 2.26. The van der Waals surface area contributed by atoms with Gasteiger partial charge in [-0.15, -0.1) is 0 Å². The molecule has 5 heteroatoms. The van der Waals surface area contributed by atoms with E-state index >= 15 is 0 Å². The third-order valence-corrected chi connectivity index (χ3v) is 3.64. The van der Waals surface area contributed by atoms with Crippen molar-refractivity contribution < 1.29 is 14.3 Å². The van der Waals surface area contributed by atoms with Gasteiger partial charge < -0.3 is 15.4 Å². The summed E-state index contributed by atoms with van der Waals surface area (Å²) in [6.45, 7) is 4.87. The summed E-state index contributed by atoms with van der Waals surface area (Å²) in [5.74, 6) is -0.632. The summed E-state index contributed by atoms with van der Waals surface area (Å²) in [5.41, 5.74) is 7.39. The standard InChI is InChI=1S/C15H20N2O3/c1-10-12(6-5-7-13(10)16)15(19)20-11(2)14(18)17-8-3-4-9-17/h5-7,11H,3-4,8-9,16H2,1-2H3. The summed E-state index contributed by atoms with van der Waals surface area (Å²) in [4.78, 5) is 25.9. The lowest BCUT2D eigenvalue weighted by Gasteiger charge is -2.20. The largest absolute Gasteiger partial charge is 0.449 e. The van der Waals surface area contributed by atoms with Crippen LogP contribution in [0.1, 0.15) is 35.7 Å². The lowest BCUT2D eigenvalue weighted by atomic mass is 10.1. The van der Waals surface area contributed by atoms with Crippen LogP contribution in [-0.4, -0.2) is 36.0 Å². The van der Waals surface area contributed by atoms with Gasteiger partial charge >= 0.3 is 5.97 Å². The summed E-state index contributed by atoms with van der Waals surface area (Å²) in [7, 11) is 0. The minimum Gasteiger partial charge on any atom is -0.449 e. The van der Waals surface area contributed by atoms with E-state index in [1.165, 1.54) is 0 Å². The van der Waals surface area contributed by atoms with Crippen LogP contribution in [-0.2, 0) is 9.53 Å². The molecule has 0 aliphatic carbocycles. The molecule has 1 amide bonds. The van der Waals surface area contributed by atoms with E-state index in [-0.39, 0.29) is 5.91 Å². The van der Waals surface area contributed by atoms with Crippen molar-refractivity contribution in [2.24, 2.45) is 0 Å². The summed E-state index contributed by atoms with van der Waals surface area (Å²) in [6, 6.07) is 5.08. The zero-order valence-corrected chi connectivity index (χ0v) is 11.9. The van der Waals surface area contributed by atoms with Crippen molar-refractivity contribution in [3.63, 3.8) is 0 Å². The van der Waals surface area contributed by atoms with Crippen molar-refractivity contribution in [1.29, 1.82) is 0 Å². The molecule has 1 atom stereocenters. The second-order valence-corrected chi connectivity index (χ2v) is 5.10. The van der Waals surface area contributed by atoms with Crippen LogP contribution < -0.4 is 5.73 Å². The minimum absolute atomic E-state index is 0.127. The van der Waals surface area contributed by atoms with Crippen molar-refractivity contribution in [3.05, 3.63) is 29.3 Å². The third kappa shape index (κ3) is 2.92. The Balaban J connectivity index is 2.03. The van der Waals surface area contributed by atoms with E-state index in [1.54, 1.807) is 36.9 Å². The molecule has 1 aliphatic rings. The van der Waals surface area contributed by atoms with Crippen LogP contribution in [0.5, 0.6) is 0 Å². The number of nitrogens with two attached hydrogens (primary N) is 1. The predicted octanol–water partition coefficient (Wildman–Crippen LogP) is 1.74. The van der Waals surface area contributed by atoms with Gasteiger partial charge in [-0.25, -0.2) is 4.79 Å². The van der Waals surface area contributed by atoms with Gasteiger partial charge in [0.15, 0.2) is 6.10 Å². The highest BCUT2D eigenvalue weighted by atomic mass is 16.5. The van der Waals surface area contributed by atoms with E-state index in [1.807, 2.05) is 0 Å². The molecular formula is C15H20N2O3. The topological polar surface area (TPSA) is 72.6 Å². The van der Waals surface area contributed by atoms with E-state index in [0.717, 1.165) is 25.9 Å². The number of likely N-dealkylation sites (tertiary alicyclic amines) is 1. The molecule has 1 heterocycles. The molecular weight excluding hydrogens is 256 g/mol. The Labute approximate surface area is 118 Å². The maximum atomic E-state index is 12.1. The van der Waals surface area contributed by atoms with E-state index in [4.69, 9.17) is 10.5 Å². The van der Waals surface area contributed by atoms with Crippen molar-refractivity contribution in [2.75, 3.05) is 18.8 Å². The lowest BCUT2D eigenvalue weighted by molar-refractivity contribution is -0.138. The number of carbonyl (C=O) groups excluding carboxylic acids is 2. The number of nitrogen functional groups attached to an aromatic ring is 1. The molecule has 1 fully saturated rings. The van der Waals surface area contributed by atoms with Gasteiger partial charge in [0.1, 0.15) is 0 Å². The Morgan fingerprint density at radius 1 is 1.30 bits per heavy atom. The summed E-state index contributed by atoms with van der Waals surface area (Å²) in [5, 5.41) is 0. The average molecular weight is 276 g/mol. The monoisotopic (exact) mass is 276 g/mol. The maximum absolute atomic E-state index is 12.1. The fourth-order valence-electron chi connectivity index (χ4n) is 2.34. The second-order valence-electron chi connectivity index (χ2n) is 5.10. The number of nitrogens with zero attached hydrogens (tertiary/aromatic N) is 1. The quantitative estimate of drug-likeness (QED) is 0.674. The molecule has 1 saturated heterocycles. The molecule has 0 radical (unpaired) electrons. The van der Waals surface area contributed by atoms with Crippen LogP contribution in [0, 0.1) is 6.92 Å². The van der Waals surface area contributed by atoms with Gasteiger partial charge in [0.05, 0.1) is 5.56 Å². The normalized spacial score (nSPS) is 16.0. The van der Waals surface area contributed by atoms with E-state index < -0.39 is 12.1 Å². The lowest BCUT2D eigenvalue weighted by Crippen LogP contribution is -2.38. The minimum atomic E-state index is -0.763. The molecule has 5 nitrogen and oxygen atoms in total. The molecule has 2 N–H and O–H groups in total. The highest BCUT2D eigenvalue weighted by Crippen LogP contribution is 2.18. The molecule has 108 valence electrons. The number of rotatable bonds is 3. The van der Waals surface area contributed by atoms with Gasteiger partial charge in [0, 0.05) is 18.8 Å². The van der Waals surface area contributed by atoms with Crippen LogP contribution in [0.4, 0.5) is 5.69 Å². The smallest absolute Gasteiger partial charge is 0.339 e. The molecule has 2 rings (SSSR count). The van der Waals surface area contributed by atoms with Gasteiger partial charge in [-0.05, 0) is 44.4 Å². The fraction of sp³-hybridized carbons (Fsp3) is 0.467. The highest BCUT2D eigenvalue weighted by molar-refractivity contribution is 5.94. The zero-order valence-electron chi connectivity index (χ0n) is 11.9. The molecule has 1 aromatic rings. The van der Waals surface area contributed by atoms with Crippen LogP contribution in [0.25, 0.3) is 0 Å². The van der Waals surface area contributed by atoms with Gasteiger partial charge in [0.2, 0.25) is 0 Å². The number of carbonyl (C=O) groups is 2. The number of ether oxygens (including phenoxy) is 1. The Hall–Kier alpha value is -2.04. The Morgan fingerprint density at radius 2 is 1.95 bits per heavy atom. The molecule has 1 unspecified atom stereocenters. The van der Waals surface area contributed by atoms with Crippen molar-refractivity contribution in [1.82, 2.24) is 4.90 Å². The molecule has 0 saturated carbocycles. The van der Waals surface area contributed by atoms with Gasteiger partial charge in [-0.2, -0.15) is 0 Å². The predicted molar refractivity (Wildman–Crippen MR) is 76.3 cm³/mol. The second kappa shape index (κ2) is 5.94. The van der Waals surface area contributed by atoms with Gasteiger partial charge in [-0.1, -0.05) is 6.07 Å². The first kappa shape index (κ1) is 14.4. The molecule has 0 spiro atoms. The first-order valence-corrected chi connectivity index (χ1v) is 6.85. The summed E-state index contributed by atoms with van der Waals surface area (Å²) >= 11 is 0. The molecule has 0 aromatic heterocycles. The van der Waals surface area contributed by atoms with Crippen LogP contribution in [0.2, 0.25) is 0 Å². The SMILES string of the molecule is Cc1c(N)cccc1C(=O)OC(C)C(=O)N1CCCC1. The Morgan fingerprint density at radius 3 is 2.60 bits per heavy atom. The fourth-order valence-corrected chi connectivity index (χ4v) is 2.34. The summed E-state index contributed by atoms with van der Waals surface area (Å²) in [6.07, 6.45) is 1.27. The molecule has 20 heavy (non-hydrogen) atoms. The molecule has 1 aromatic carbocycles. The first-order valence-electron chi connectivity index (χ1n) is 6.85. The number of hydrogen-bond donors (Lipinski definition) is 1. The van der Waals surface area contributed by atoms with E-state index in [9.17, 15) is 9.59 Å². The van der Waals surface area contributed by atoms with Gasteiger partial charge in [-0.3, -0.25) is 4.79 Å². The zero-order chi connectivity index (χ0) is 14.7. The first-order chi connectivity index (χ1) is 9.50. The van der Waals surface area contributed by atoms with Crippen LogP contribution in [0.3, 0.4) is 0 Å². The van der Waals surface area contributed by atoms with E-state index in [0.29, 0.717) is 16.8 Å².